The van der Waals surface area contributed by atoms with Gasteiger partial charge >= 0.3 is 0 Å². The molecule has 0 amide bonds. The lowest BCUT2D eigenvalue weighted by molar-refractivity contribution is 0.0431. The average molecular weight is 262 g/mol. The van der Waals surface area contributed by atoms with E-state index in [1.807, 2.05) is 6.92 Å². The van der Waals surface area contributed by atoms with Crippen molar-refractivity contribution in [1.82, 2.24) is 4.90 Å². The summed E-state index contributed by atoms with van der Waals surface area (Å²) in [6, 6.07) is 8.92. The Morgan fingerprint density at radius 1 is 1.26 bits per heavy atom. The Morgan fingerprint density at radius 3 is 2.58 bits per heavy atom. The Labute approximate surface area is 116 Å². The fraction of sp³-hybridized carbons (Fsp3) is 0.625. The van der Waals surface area contributed by atoms with Gasteiger partial charge in [-0.25, -0.2) is 0 Å². The van der Waals surface area contributed by atoms with Gasteiger partial charge in [0.1, 0.15) is 0 Å². The fourth-order valence-corrected chi connectivity index (χ4v) is 2.88. The van der Waals surface area contributed by atoms with Crippen molar-refractivity contribution in [2.75, 3.05) is 19.6 Å². The summed E-state index contributed by atoms with van der Waals surface area (Å²) >= 11 is 0. The molecule has 1 aliphatic heterocycles. The number of benzene rings is 1. The monoisotopic (exact) mass is 262 g/mol. The van der Waals surface area contributed by atoms with E-state index in [0.29, 0.717) is 6.54 Å². The van der Waals surface area contributed by atoms with Crippen LogP contribution in [0.3, 0.4) is 0 Å². The lowest BCUT2D eigenvalue weighted by Crippen LogP contribution is -2.35. The number of nitrogens with two attached hydrogens (primary N) is 1. The van der Waals surface area contributed by atoms with Crippen molar-refractivity contribution >= 4 is 0 Å². The summed E-state index contributed by atoms with van der Waals surface area (Å²) < 4.78 is 0. The molecule has 3 N–H and O–H groups in total. The van der Waals surface area contributed by atoms with Gasteiger partial charge in [0, 0.05) is 19.1 Å². The van der Waals surface area contributed by atoms with E-state index in [1.165, 1.54) is 11.1 Å². The summed E-state index contributed by atoms with van der Waals surface area (Å²) in [4.78, 5) is 2.42. The lowest BCUT2D eigenvalue weighted by Gasteiger charge is -2.30. The average Bonchev–Trinajstić information content (AvgIpc) is 2.54. The number of aliphatic hydroxyl groups is 1. The Kier molecular flexibility index (Phi) is 4.61. The maximum atomic E-state index is 10.2. The molecule has 3 nitrogen and oxygen atoms in total. The van der Waals surface area contributed by atoms with Crippen LogP contribution in [0.15, 0.2) is 24.3 Å². The molecular weight excluding hydrogens is 236 g/mol. The SMILES string of the molecule is Cc1ccc(C(CN)N2CCCC(C)(O)CC2)cc1. The molecule has 1 saturated heterocycles. The van der Waals surface area contributed by atoms with Crippen LogP contribution in [-0.2, 0) is 0 Å². The van der Waals surface area contributed by atoms with Gasteiger partial charge < -0.3 is 10.8 Å². The third-order valence-corrected chi connectivity index (χ3v) is 4.22. The van der Waals surface area contributed by atoms with Crippen molar-refractivity contribution in [2.24, 2.45) is 5.73 Å². The van der Waals surface area contributed by atoms with E-state index >= 15 is 0 Å². The van der Waals surface area contributed by atoms with Crippen LogP contribution in [0.2, 0.25) is 0 Å². The molecule has 1 fully saturated rings. The van der Waals surface area contributed by atoms with Gasteiger partial charge in [0.2, 0.25) is 0 Å². The highest BCUT2D eigenvalue weighted by molar-refractivity contribution is 5.24. The summed E-state index contributed by atoms with van der Waals surface area (Å²) in [6.07, 6.45) is 2.75. The van der Waals surface area contributed by atoms with Gasteiger partial charge in [0.15, 0.2) is 0 Å². The zero-order chi connectivity index (χ0) is 13.9. The van der Waals surface area contributed by atoms with Crippen LogP contribution in [0, 0.1) is 6.92 Å². The van der Waals surface area contributed by atoms with Crippen molar-refractivity contribution in [3.63, 3.8) is 0 Å². The third kappa shape index (κ3) is 3.78. The number of hydrogen-bond acceptors (Lipinski definition) is 3. The van der Waals surface area contributed by atoms with Crippen molar-refractivity contribution in [3.8, 4) is 0 Å². The van der Waals surface area contributed by atoms with E-state index in [9.17, 15) is 5.11 Å². The molecule has 106 valence electrons. The van der Waals surface area contributed by atoms with Crippen LogP contribution in [-0.4, -0.2) is 35.2 Å². The smallest absolute Gasteiger partial charge is 0.0632 e. The van der Waals surface area contributed by atoms with E-state index in [1.54, 1.807) is 0 Å². The zero-order valence-corrected chi connectivity index (χ0v) is 12.1. The molecule has 19 heavy (non-hydrogen) atoms. The van der Waals surface area contributed by atoms with Crippen molar-refractivity contribution in [2.45, 2.75) is 44.8 Å². The maximum absolute atomic E-state index is 10.2. The van der Waals surface area contributed by atoms with Gasteiger partial charge in [-0.1, -0.05) is 29.8 Å². The van der Waals surface area contributed by atoms with Gasteiger partial charge in [0.05, 0.1) is 5.60 Å². The second kappa shape index (κ2) is 6.04. The minimum atomic E-state index is -0.513. The fourth-order valence-electron chi connectivity index (χ4n) is 2.88. The van der Waals surface area contributed by atoms with E-state index < -0.39 is 5.60 Å². The Hall–Kier alpha value is -0.900. The number of rotatable bonds is 3. The van der Waals surface area contributed by atoms with Gasteiger partial charge in [0.25, 0.3) is 0 Å². The molecule has 1 aromatic rings. The van der Waals surface area contributed by atoms with E-state index in [4.69, 9.17) is 5.73 Å². The van der Waals surface area contributed by atoms with E-state index in [0.717, 1.165) is 32.4 Å². The molecule has 1 heterocycles. The molecule has 0 bridgehead atoms. The lowest BCUT2D eigenvalue weighted by atomic mass is 9.98. The van der Waals surface area contributed by atoms with Gasteiger partial charge in [-0.05, 0) is 45.2 Å². The summed E-state index contributed by atoms with van der Waals surface area (Å²) in [6.45, 7) is 6.62. The Balaban J connectivity index is 2.11. The molecule has 2 atom stereocenters. The molecule has 2 rings (SSSR count). The largest absolute Gasteiger partial charge is 0.390 e. The topological polar surface area (TPSA) is 49.5 Å². The van der Waals surface area contributed by atoms with Gasteiger partial charge in [-0.2, -0.15) is 0 Å². The van der Waals surface area contributed by atoms with Crippen LogP contribution in [0.25, 0.3) is 0 Å². The van der Waals surface area contributed by atoms with Crippen molar-refractivity contribution in [1.29, 1.82) is 0 Å². The van der Waals surface area contributed by atoms with E-state index in [-0.39, 0.29) is 6.04 Å². The highest BCUT2D eigenvalue weighted by atomic mass is 16.3. The molecule has 1 aromatic carbocycles. The van der Waals surface area contributed by atoms with Crippen molar-refractivity contribution < 1.29 is 5.11 Å². The molecule has 0 radical (unpaired) electrons. The summed E-state index contributed by atoms with van der Waals surface area (Å²) in [5.74, 6) is 0. The zero-order valence-electron chi connectivity index (χ0n) is 12.1. The summed E-state index contributed by atoms with van der Waals surface area (Å²) in [5.41, 5.74) is 8.04. The first-order valence-corrected chi connectivity index (χ1v) is 7.25. The third-order valence-electron chi connectivity index (χ3n) is 4.22. The second-order valence-corrected chi connectivity index (χ2v) is 6.05. The molecule has 3 heteroatoms. The van der Waals surface area contributed by atoms with Crippen LogP contribution in [0.4, 0.5) is 0 Å². The van der Waals surface area contributed by atoms with Crippen LogP contribution in [0.5, 0.6) is 0 Å². The van der Waals surface area contributed by atoms with Crippen LogP contribution < -0.4 is 5.73 Å². The maximum Gasteiger partial charge on any atom is 0.0632 e. The number of likely N-dealkylation sites (tertiary alicyclic amines) is 1. The molecule has 0 spiro atoms. The number of nitrogens with zero attached hydrogens (tertiary/aromatic N) is 1. The normalized spacial score (nSPS) is 26.9. The number of aryl methyl sites for hydroxylation is 1. The van der Waals surface area contributed by atoms with E-state index in [2.05, 4.69) is 36.1 Å². The first kappa shape index (κ1) is 14.5. The molecule has 2 unspecified atom stereocenters. The summed E-state index contributed by atoms with van der Waals surface area (Å²) in [7, 11) is 0. The van der Waals surface area contributed by atoms with Crippen LogP contribution in [0.1, 0.15) is 43.4 Å². The van der Waals surface area contributed by atoms with Gasteiger partial charge in [-0.3, -0.25) is 4.90 Å². The molecule has 0 aliphatic carbocycles. The summed E-state index contributed by atoms with van der Waals surface area (Å²) in [5, 5.41) is 10.2. The minimum Gasteiger partial charge on any atom is -0.390 e. The highest BCUT2D eigenvalue weighted by Crippen LogP contribution is 2.27. The Morgan fingerprint density at radius 2 is 1.95 bits per heavy atom. The molecule has 0 saturated carbocycles. The molecule has 1 aliphatic rings. The molecule has 0 aromatic heterocycles. The quantitative estimate of drug-likeness (QED) is 0.878. The number of hydrogen-bond donors (Lipinski definition) is 2. The first-order valence-electron chi connectivity index (χ1n) is 7.25. The van der Waals surface area contributed by atoms with Crippen LogP contribution >= 0.6 is 0 Å². The highest BCUT2D eigenvalue weighted by Gasteiger charge is 2.28. The molecular formula is C16H26N2O. The first-order chi connectivity index (χ1) is 9.02. The van der Waals surface area contributed by atoms with Gasteiger partial charge in [-0.15, -0.1) is 0 Å². The standard InChI is InChI=1S/C16H26N2O/c1-13-4-6-14(7-5-13)15(12-17)18-10-3-8-16(2,19)9-11-18/h4-7,15,19H,3,8-12,17H2,1-2H3. The second-order valence-electron chi connectivity index (χ2n) is 6.05. The Bertz CT molecular complexity index is 400. The minimum absolute atomic E-state index is 0.273. The predicted octanol–water partition coefficient (Wildman–Crippen LogP) is 2.23. The van der Waals surface area contributed by atoms with Crippen molar-refractivity contribution in [3.05, 3.63) is 35.4 Å². The predicted molar refractivity (Wildman–Crippen MR) is 79.0 cm³/mol.